The lowest BCUT2D eigenvalue weighted by molar-refractivity contribution is -0.139. The second kappa shape index (κ2) is 14.9. The van der Waals surface area contributed by atoms with Crippen LogP contribution in [-0.2, 0) is 25.6 Å². The topological polar surface area (TPSA) is 230 Å². The molecule has 1 saturated heterocycles. The fraction of sp³-hybridized carbons (Fsp3) is 0.577. The Morgan fingerprint density at radius 2 is 1.75 bits per heavy atom. The Hall–Kier alpha value is -4.07. The first-order valence-electron chi connectivity index (χ1n) is 13.5. The Labute approximate surface area is 233 Å². The normalized spacial score (nSPS) is 17.1. The van der Waals surface area contributed by atoms with Crippen LogP contribution in [0.5, 0.6) is 11.5 Å². The molecule has 1 aromatic rings. The second-order valence-corrected chi connectivity index (χ2v) is 9.87. The molecule has 220 valence electrons. The molecule has 14 nitrogen and oxygen atoms in total. The highest BCUT2D eigenvalue weighted by molar-refractivity contribution is 5.94. The zero-order chi connectivity index (χ0) is 29.1. The van der Waals surface area contributed by atoms with Crippen molar-refractivity contribution in [3.8, 4) is 11.5 Å². The third-order valence-corrected chi connectivity index (χ3v) is 6.85. The first kappa shape index (κ1) is 30.5. The number of likely N-dealkylation sites (tertiary alicyclic amines) is 1. The molecule has 0 aliphatic carbocycles. The van der Waals surface area contributed by atoms with Gasteiger partial charge in [0, 0.05) is 13.1 Å². The number of carbonyl (C=O) groups is 4. The number of fused-ring (bicyclic) bond motifs is 1. The monoisotopic (exact) mass is 560 g/mol. The third-order valence-electron chi connectivity index (χ3n) is 6.85. The van der Waals surface area contributed by atoms with Crippen molar-refractivity contribution in [2.24, 2.45) is 27.9 Å². The summed E-state index contributed by atoms with van der Waals surface area (Å²) in [5.41, 5.74) is 22.5. The van der Waals surface area contributed by atoms with E-state index in [1.165, 1.54) is 0 Å². The van der Waals surface area contributed by atoms with E-state index < -0.39 is 35.8 Å². The summed E-state index contributed by atoms with van der Waals surface area (Å²) < 4.78 is 10.7. The van der Waals surface area contributed by atoms with Crippen molar-refractivity contribution in [1.82, 2.24) is 15.5 Å². The van der Waals surface area contributed by atoms with Crippen molar-refractivity contribution in [3.63, 3.8) is 0 Å². The fourth-order valence-corrected chi connectivity index (χ4v) is 4.76. The Bertz CT molecular complexity index is 1090. The maximum atomic E-state index is 13.3. The average molecular weight is 561 g/mol. The maximum absolute atomic E-state index is 13.3. The number of guanidine groups is 1. The van der Waals surface area contributed by atoms with Gasteiger partial charge in [-0.2, -0.15) is 0 Å². The van der Waals surface area contributed by atoms with Crippen LogP contribution in [0.1, 0.15) is 50.5 Å². The highest BCUT2D eigenvalue weighted by Crippen LogP contribution is 2.33. The van der Waals surface area contributed by atoms with Gasteiger partial charge in [0.25, 0.3) is 0 Å². The van der Waals surface area contributed by atoms with Crippen LogP contribution in [0, 0.1) is 0 Å². The number of carbonyl (C=O) groups excluding carboxylic acids is 4. The molecule has 4 amide bonds. The lowest BCUT2D eigenvalue weighted by Crippen LogP contribution is -2.56. The minimum atomic E-state index is -0.957. The summed E-state index contributed by atoms with van der Waals surface area (Å²) in [7, 11) is 0. The molecule has 0 saturated carbocycles. The van der Waals surface area contributed by atoms with E-state index in [1.54, 1.807) is 23.1 Å². The molecule has 0 bridgehead atoms. The van der Waals surface area contributed by atoms with Crippen molar-refractivity contribution in [2.45, 2.75) is 69.5 Å². The molecular formula is C26H40N8O6. The van der Waals surface area contributed by atoms with Gasteiger partial charge in [0.15, 0.2) is 17.5 Å². The molecule has 3 rings (SSSR count). The van der Waals surface area contributed by atoms with Crippen LogP contribution in [0.3, 0.4) is 0 Å². The minimum absolute atomic E-state index is 0.0716. The van der Waals surface area contributed by atoms with Gasteiger partial charge in [-0.25, -0.2) is 0 Å². The van der Waals surface area contributed by atoms with E-state index in [-0.39, 0.29) is 38.0 Å². The number of primary amides is 1. The molecule has 0 radical (unpaired) electrons. The predicted octanol–water partition coefficient (Wildman–Crippen LogP) is -1.41. The predicted molar refractivity (Wildman–Crippen MR) is 147 cm³/mol. The van der Waals surface area contributed by atoms with E-state index in [0.29, 0.717) is 63.1 Å². The largest absolute Gasteiger partial charge is 0.454 e. The lowest BCUT2D eigenvalue weighted by Gasteiger charge is -2.27. The fourth-order valence-electron chi connectivity index (χ4n) is 4.76. The van der Waals surface area contributed by atoms with Crippen molar-refractivity contribution < 1.29 is 28.7 Å². The van der Waals surface area contributed by atoms with Gasteiger partial charge in [0.05, 0.1) is 6.42 Å². The molecule has 14 heteroatoms. The number of ether oxygens (including phenoxy) is 2. The van der Waals surface area contributed by atoms with E-state index in [2.05, 4.69) is 15.6 Å². The van der Waals surface area contributed by atoms with Crippen LogP contribution in [0.25, 0.3) is 0 Å². The Balaban J connectivity index is 1.62. The first-order valence-corrected chi connectivity index (χ1v) is 13.5. The van der Waals surface area contributed by atoms with Crippen LogP contribution in [0.4, 0.5) is 0 Å². The SMILES string of the molecule is NCCCCC(NC(=O)[C@@H]1CCCN1C(=O)Cc1ccc2c(c1)OCO2)C(=O)NC(CCCN=C(N)N)C(N)=O. The van der Waals surface area contributed by atoms with Crippen LogP contribution in [0.15, 0.2) is 23.2 Å². The standard InChI is InChI=1S/C26H40N8O6/c27-10-2-1-5-18(24(37)32-17(23(28)36)6-3-11-31-26(29)30)33-25(38)19-7-4-12-34(19)22(35)14-16-8-9-20-21(13-16)40-15-39-20/h8-9,13,17-19H,1-7,10-12,14-15,27H2,(H2,28,36)(H,32,37)(H,33,38)(H4,29,30,31)/t17?,18?,19-/m0/s1. The van der Waals surface area contributed by atoms with Gasteiger partial charge in [0.2, 0.25) is 30.4 Å². The van der Waals surface area contributed by atoms with E-state index in [9.17, 15) is 19.2 Å². The van der Waals surface area contributed by atoms with Gasteiger partial charge in [-0.15, -0.1) is 0 Å². The van der Waals surface area contributed by atoms with Crippen molar-refractivity contribution >= 4 is 29.6 Å². The van der Waals surface area contributed by atoms with Gasteiger partial charge < -0.3 is 47.9 Å². The molecule has 2 heterocycles. The quantitative estimate of drug-likeness (QED) is 0.0839. The van der Waals surface area contributed by atoms with Crippen molar-refractivity contribution in [3.05, 3.63) is 23.8 Å². The molecule has 2 aliphatic heterocycles. The number of nitrogens with zero attached hydrogens (tertiary/aromatic N) is 2. The molecular weight excluding hydrogens is 520 g/mol. The highest BCUT2D eigenvalue weighted by atomic mass is 16.7. The minimum Gasteiger partial charge on any atom is -0.454 e. The number of hydrogen-bond acceptors (Lipinski definition) is 8. The summed E-state index contributed by atoms with van der Waals surface area (Å²) >= 11 is 0. The Morgan fingerprint density at radius 3 is 2.48 bits per heavy atom. The number of amides is 4. The van der Waals surface area contributed by atoms with E-state index in [0.717, 1.165) is 5.56 Å². The average Bonchev–Trinajstić information content (AvgIpc) is 3.59. The van der Waals surface area contributed by atoms with E-state index >= 15 is 0 Å². The molecule has 1 aromatic carbocycles. The molecule has 2 unspecified atom stereocenters. The van der Waals surface area contributed by atoms with Gasteiger partial charge in [-0.1, -0.05) is 6.07 Å². The van der Waals surface area contributed by atoms with Gasteiger partial charge in [0.1, 0.15) is 18.1 Å². The third kappa shape index (κ3) is 8.73. The van der Waals surface area contributed by atoms with Crippen molar-refractivity contribution in [1.29, 1.82) is 0 Å². The zero-order valence-electron chi connectivity index (χ0n) is 22.6. The number of nitrogens with two attached hydrogens (primary N) is 4. The number of benzene rings is 1. The molecule has 0 spiro atoms. The molecule has 0 aromatic heterocycles. The summed E-state index contributed by atoms with van der Waals surface area (Å²) in [4.78, 5) is 57.0. The summed E-state index contributed by atoms with van der Waals surface area (Å²) in [6, 6.07) is 2.71. The number of aliphatic imine (C=N–C) groups is 1. The molecule has 3 atom stereocenters. The lowest BCUT2D eigenvalue weighted by atomic mass is 10.1. The summed E-state index contributed by atoms with van der Waals surface area (Å²) in [6.45, 7) is 1.28. The Kier molecular flexibility index (Phi) is 11.4. The van der Waals surface area contributed by atoms with Gasteiger partial charge >= 0.3 is 0 Å². The summed E-state index contributed by atoms with van der Waals surface area (Å²) in [5.74, 6) is -0.729. The molecule has 10 N–H and O–H groups in total. The maximum Gasteiger partial charge on any atom is 0.243 e. The molecule has 40 heavy (non-hydrogen) atoms. The van der Waals surface area contributed by atoms with Crippen LogP contribution < -0.4 is 43.0 Å². The number of nitrogens with one attached hydrogen (secondary N) is 2. The first-order chi connectivity index (χ1) is 19.2. The van der Waals surface area contributed by atoms with Crippen molar-refractivity contribution in [2.75, 3.05) is 26.4 Å². The second-order valence-electron chi connectivity index (χ2n) is 9.87. The molecule has 2 aliphatic rings. The number of hydrogen-bond donors (Lipinski definition) is 6. The number of unbranched alkanes of at least 4 members (excludes halogenated alkanes) is 1. The smallest absolute Gasteiger partial charge is 0.243 e. The van der Waals surface area contributed by atoms with Gasteiger partial charge in [-0.3, -0.25) is 24.2 Å². The summed E-state index contributed by atoms with van der Waals surface area (Å²) in [6.07, 6.45) is 3.43. The Morgan fingerprint density at radius 1 is 1.00 bits per heavy atom. The van der Waals surface area contributed by atoms with E-state index in [1.807, 2.05) is 0 Å². The van der Waals surface area contributed by atoms with Gasteiger partial charge in [-0.05, 0) is 69.2 Å². The number of rotatable bonds is 15. The zero-order valence-corrected chi connectivity index (χ0v) is 22.6. The van der Waals surface area contributed by atoms with Crippen LogP contribution in [0.2, 0.25) is 0 Å². The highest BCUT2D eigenvalue weighted by Gasteiger charge is 2.36. The van der Waals surface area contributed by atoms with E-state index in [4.69, 9.17) is 32.4 Å². The van der Waals surface area contributed by atoms with Crippen LogP contribution >= 0.6 is 0 Å². The summed E-state index contributed by atoms with van der Waals surface area (Å²) in [5, 5.41) is 5.44. The van der Waals surface area contributed by atoms with Crippen LogP contribution in [-0.4, -0.2) is 79.0 Å². The molecule has 1 fully saturated rings.